The zero-order chi connectivity index (χ0) is 20.0. The van der Waals surface area contributed by atoms with E-state index in [-0.39, 0.29) is 24.3 Å². The molecule has 0 unspecified atom stereocenters. The molecule has 0 bridgehead atoms. The molecule has 0 spiro atoms. The smallest absolute Gasteiger partial charge is 0.302 e. The average molecular weight is 365 g/mol. The van der Waals surface area contributed by atoms with Crippen LogP contribution < -0.4 is 0 Å². The van der Waals surface area contributed by atoms with Crippen LogP contribution in [0.5, 0.6) is 0 Å². The Morgan fingerprint density at radius 2 is 2.00 bits per heavy atom. The van der Waals surface area contributed by atoms with E-state index in [1.165, 1.54) is 6.92 Å². The molecule has 0 aromatic carbocycles. The summed E-state index contributed by atoms with van der Waals surface area (Å²) in [5.74, 6) is 0.427. The summed E-state index contributed by atoms with van der Waals surface area (Å²) in [6, 6.07) is 0. The minimum atomic E-state index is -0.844. The van der Waals surface area contributed by atoms with Crippen LogP contribution in [0.4, 0.5) is 0 Å². The van der Waals surface area contributed by atoms with Gasteiger partial charge in [0.15, 0.2) is 0 Å². The Morgan fingerprint density at radius 1 is 1.35 bits per heavy atom. The first-order chi connectivity index (χ1) is 11.9. The molecule has 4 heteroatoms. The molecule has 1 N–H and O–H groups in total. The van der Waals surface area contributed by atoms with Crippen molar-refractivity contribution in [1.29, 1.82) is 0 Å². The molecule has 0 aliphatic heterocycles. The highest BCUT2D eigenvalue weighted by atomic mass is 16.5. The van der Waals surface area contributed by atoms with E-state index >= 15 is 0 Å². The third-order valence-electron chi connectivity index (χ3n) is 5.44. The SMILES string of the molecule is CC(=O)OC[C@]1(C)CC[C@@H](C(C)C)/C=C/[C@](C)(O)CC/C=C(\C)CC1=O. The molecule has 0 heterocycles. The van der Waals surface area contributed by atoms with Gasteiger partial charge in [-0.05, 0) is 58.3 Å². The highest BCUT2D eigenvalue weighted by molar-refractivity contribution is 5.86. The number of aliphatic hydroxyl groups is 1. The van der Waals surface area contributed by atoms with Gasteiger partial charge in [0.25, 0.3) is 0 Å². The van der Waals surface area contributed by atoms with Crippen molar-refractivity contribution >= 4 is 11.8 Å². The maximum absolute atomic E-state index is 13.0. The molecular formula is C22H36O4. The van der Waals surface area contributed by atoms with E-state index in [0.717, 1.165) is 18.4 Å². The van der Waals surface area contributed by atoms with Crippen molar-refractivity contribution < 1.29 is 19.4 Å². The van der Waals surface area contributed by atoms with Crippen molar-refractivity contribution in [3.8, 4) is 0 Å². The van der Waals surface area contributed by atoms with Gasteiger partial charge in [0, 0.05) is 13.3 Å². The Balaban J connectivity index is 3.13. The molecule has 0 aromatic heterocycles. The van der Waals surface area contributed by atoms with Crippen molar-refractivity contribution in [3.05, 3.63) is 23.8 Å². The van der Waals surface area contributed by atoms with Crippen LogP contribution in [-0.4, -0.2) is 29.1 Å². The van der Waals surface area contributed by atoms with Crippen LogP contribution in [0, 0.1) is 17.3 Å². The van der Waals surface area contributed by atoms with Crippen LogP contribution >= 0.6 is 0 Å². The zero-order valence-corrected chi connectivity index (χ0v) is 17.3. The van der Waals surface area contributed by atoms with Crippen LogP contribution in [0.15, 0.2) is 23.8 Å². The summed E-state index contributed by atoms with van der Waals surface area (Å²) in [5, 5.41) is 10.6. The molecule has 0 amide bonds. The Hall–Kier alpha value is -1.42. The van der Waals surface area contributed by atoms with Gasteiger partial charge in [-0.15, -0.1) is 0 Å². The standard InChI is InChI=1S/C22H36O4/c1-16(2)19-9-12-21(5,15-26-18(4)23)20(24)14-17(3)8-7-11-22(6,25)13-10-19/h8,10,13,16,19,25H,7,9,11-12,14-15H2,1-6H3/b13-10+,17-8+/t19-,21+,22-/m1/s1. The summed E-state index contributed by atoms with van der Waals surface area (Å²) in [4.78, 5) is 24.2. The number of carbonyl (C=O) groups is 2. The molecule has 0 radical (unpaired) electrons. The van der Waals surface area contributed by atoms with E-state index in [2.05, 4.69) is 19.9 Å². The van der Waals surface area contributed by atoms with E-state index in [9.17, 15) is 14.7 Å². The largest absolute Gasteiger partial charge is 0.465 e. The molecule has 1 rings (SSSR count). The van der Waals surface area contributed by atoms with Crippen molar-refractivity contribution in [2.24, 2.45) is 17.3 Å². The monoisotopic (exact) mass is 364 g/mol. The van der Waals surface area contributed by atoms with Gasteiger partial charge in [-0.2, -0.15) is 0 Å². The van der Waals surface area contributed by atoms with E-state index < -0.39 is 11.0 Å². The van der Waals surface area contributed by atoms with E-state index in [1.54, 1.807) is 0 Å². The predicted molar refractivity (Wildman–Crippen MR) is 105 cm³/mol. The van der Waals surface area contributed by atoms with E-state index in [1.807, 2.05) is 32.9 Å². The fourth-order valence-corrected chi connectivity index (χ4v) is 3.25. The summed E-state index contributed by atoms with van der Waals surface area (Å²) in [7, 11) is 0. The second-order valence-corrected chi connectivity index (χ2v) is 8.69. The Labute approximate surface area is 158 Å². The van der Waals surface area contributed by atoms with E-state index in [0.29, 0.717) is 25.2 Å². The van der Waals surface area contributed by atoms with Crippen LogP contribution in [0.1, 0.15) is 73.6 Å². The number of ketones is 1. The third kappa shape index (κ3) is 7.45. The van der Waals surface area contributed by atoms with Gasteiger partial charge in [0.05, 0.1) is 11.0 Å². The lowest BCUT2D eigenvalue weighted by atomic mass is 9.76. The first-order valence-electron chi connectivity index (χ1n) is 9.69. The van der Waals surface area contributed by atoms with Gasteiger partial charge in [-0.3, -0.25) is 9.59 Å². The highest BCUT2D eigenvalue weighted by Crippen LogP contribution is 2.33. The van der Waals surface area contributed by atoms with Gasteiger partial charge in [-0.25, -0.2) is 0 Å². The topological polar surface area (TPSA) is 63.6 Å². The summed E-state index contributed by atoms with van der Waals surface area (Å²) in [6.45, 7) is 11.5. The van der Waals surface area contributed by atoms with Gasteiger partial charge < -0.3 is 9.84 Å². The molecule has 0 saturated carbocycles. The molecule has 148 valence electrons. The second kappa shape index (κ2) is 9.50. The summed E-state index contributed by atoms with van der Waals surface area (Å²) < 4.78 is 5.23. The number of hydrogen-bond acceptors (Lipinski definition) is 4. The number of allylic oxidation sites excluding steroid dienone is 3. The molecule has 1 aliphatic rings. The number of rotatable bonds is 3. The van der Waals surface area contributed by atoms with Gasteiger partial charge in [0.2, 0.25) is 0 Å². The summed E-state index contributed by atoms with van der Waals surface area (Å²) >= 11 is 0. The molecule has 26 heavy (non-hydrogen) atoms. The highest BCUT2D eigenvalue weighted by Gasteiger charge is 2.35. The number of ether oxygens (including phenoxy) is 1. The second-order valence-electron chi connectivity index (χ2n) is 8.69. The van der Waals surface area contributed by atoms with Crippen LogP contribution in [-0.2, 0) is 14.3 Å². The molecule has 3 atom stereocenters. The van der Waals surface area contributed by atoms with Crippen molar-refractivity contribution in [2.75, 3.05) is 6.61 Å². The fraction of sp³-hybridized carbons (Fsp3) is 0.727. The molecule has 0 fully saturated rings. The van der Waals surface area contributed by atoms with Crippen molar-refractivity contribution in [1.82, 2.24) is 0 Å². The Bertz CT molecular complexity index is 556. The van der Waals surface area contributed by atoms with E-state index in [4.69, 9.17) is 4.74 Å². The third-order valence-corrected chi connectivity index (χ3v) is 5.44. The molecule has 0 saturated heterocycles. The lowest BCUT2D eigenvalue weighted by molar-refractivity contribution is -0.147. The molecule has 1 aliphatic carbocycles. The fourth-order valence-electron chi connectivity index (χ4n) is 3.25. The maximum Gasteiger partial charge on any atom is 0.302 e. The van der Waals surface area contributed by atoms with Crippen LogP contribution in [0.3, 0.4) is 0 Å². The lowest BCUT2D eigenvalue weighted by Crippen LogP contribution is -2.34. The first kappa shape index (κ1) is 22.6. The first-order valence-corrected chi connectivity index (χ1v) is 9.69. The number of esters is 1. The normalized spacial score (nSPS) is 34.8. The number of hydrogen-bond donors (Lipinski definition) is 1. The van der Waals surface area contributed by atoms with Crippen LogP contribution in [0.2, 0.25) is 0 Å². The molecule has 4 nitrogen and oxygen atoms in total. The molecule has 0 aromatic rings. The zero-order valence-electron chi connectivity index (χ0n) is 17.3. The van der Waals surface area contributed by atoms with Gasteiger partial charge >= 0.3 is 5.97 Å². The molecular weight excluding hydrogens is 328 g/mol. The Kier molecular flexibility index (Phi) is 8.26. The van der Waals surface area contributed by atoms with Gasteiger partial charge in [-0.1, -0.05) is 37.6 Å². The van der Waals surface area contributed by atoms with Crippen molar-refractivity contribution in [2.45, 2.75) is 79.2 Å². The minimum Gasteiger partial charge on any atom is -0.465 e. The number of carbonyl (C=O) groups excluding carboxylic acids is 2. The van der Waals surface area contributed by atoms with Crippen molar-refractivity contribution in [3.63, 3.8) is 0 Å². The predicted octanol–water partition coefficient (Wildman–Crippen LogP) is 4.61. The van der Waals surface area contributed by atoms with Gasteiger partial charge in [0.1, 0.15) is 12.4 Å². The average Bonchev–Trinajstić information content (AvgIpc) is 2.51. The summed E-state index contributed by atoms with van der Waals surface area (Å²) in [6.07, 6.45) is 9.22. The minimum absolute atomic E-state index is 0.116. The lowest BCUT2D eigenvalue weighted by Gasteiger charge is -2.30. The van der Waals surface area contributed by atoms with Crippen LogP contribution in [0.25, 0.3) is 0 Å². The number of Topliss-reactive ketones (excluding diaryl/α,β-unsaturated/α-hetero) is 1. The Morgan fingerprint density at radius 3 is 2.58 bits per heavy atom. The maximum atomic E-state index is 13.0. The quantitative estimate of drug-likeness (QED) is 0.586. The summed E-state index contributed by atoms with van der Waals surface area (Å²) in [5.41, 5.74) is -0.523.